The van der Waals surface area contributed by atoms with Gasteiger partial charge in [-0.2, -0.15) is 10.4 Å². The van der Waals surface area contributed by atoms with Gasteiger partial charge in [0.1, 0.15) is 11.8 Å². The summed E-state index contributed by atoms with van der Waals surface area (Å²) < 4.78 is 7.30. The predicted octanol–water partition coefficient (Wildman–Crippen LogP) is 1.86. The third kappa shape index (κ3) is 3.15. The number of piperazine rings is 1. The third-order valence-electron chi connectivity index (χ3n) is 7.58. The molecule has 4 aliphatic rings. The molecule has 8 nitrogen and oxygen atoms in total. The number of anilines is 1. The Morgan fingerprint density at radius 1 is 1.15 bits per heavy atom. The molecule has 0 bridgehead atoms. The first-order valence-corrected chi connectivity index (χ1v) is 11.6. The Hall–Kier alpha value is -3.28. The predicted molar refractivity (Wildman–Crippen MR) is 126 cm³/mol. The minimum absolute atomic E-state index is 0.0605. The molecular weight excluding hydrogens is 414 g/mol. The molecule has 0 radical (unpaired) electrons. The first kappa shape index (κ1) is 20.3. The quantitative estimate of drug-likeness (QED) is 0.775. The largest absolute Gasteiger partial charge is 0.378 e. The van der Waals surface area contributed by atoms with Crippen LogP contribution >= 0.6 is 0 Å². The monoisotopic (exact) mass is 443 g/mol. The first-order valence-electron chi connectivity index (χ1n) is 11.6. The van der Waals surface area contributed by atoms with Crippen LogP contribution in [-0.2, 0) is 4.74 Å². The van der Waals surface area contributed by atoms with E-state index < -0.39 is 0 Å². The van der Waals surface area contributed by atoms with Crippen LogP contribution in [0, 0.1) is 11.3 Å². The van der Waals surface area contributed by atoms with E-state index in [0.717, 1.165) is 50.3 Å². The van der Waals surface area contributed by atoms with Crippen LogP contribution < -0.4 is 10.6 Å². The molecule has 0 unspecified atom stereocenters. The number of aromatic nitrogens is 2. The van der Waals surface area contributed by atoms with Crippen LogP contribution in [0.2, 0.25) is 0 Å². The number of methoxy groups -OCH3 is 1. The summed E-state index contributed by atoms with van der Waals surface area (Å²) in [5.41, 5.74) is 14.5. The highest BCUT2D eigenvalue weighted by atomic mass is 16.5. The zero-order valence-corrected chi connectivity index (χ0v) is 19.1. The summed E-state index contributed by atoms with van der Waals surface area (Å²) in [7, 11) is 1.75. The van der Waals surface area contributed by atoms with Crippen LogP contribution in [0.5, 0.6) is 0 Å². The molecule has 6 rings (SSSR count). The Bertz CT molecular complexity index is 1250. The third-order valence-corrected chi connectivity index (χ3v) is 7.58. The highest BCUT2D eigenvalue weighted by Gasteiger charge is 2.38. The SMILES string of the molecule is CO[C@H]1CN(C2=CCC3=C4CN(c5ccc(C#N)n6nccc56)C[C@@H](C)N4CC3=C2)C[C@@H]1N. The van der Waals surface area contributed by atoms with Crippen molar-refractivity contribution in [3.63, 3.8) is 0 Å². The van der Waals surface area contributed by atoms with Gasteiger partial charge in [-0.15, -0.1) is 0 Å². The normalized spacial score (nSPS) is 27.0. The van der Waals surface area contributed by atoms with Crippen molar-refractivity contribution in [2.24, 2.45) is 5.73 Å². The van der Waals surface area contributed by atoms with E-state index in [1.165, 1.54) is 22.5 Å². The second-order valence-electron chi connectivity index (χ2n) is 9.47. The molecule has 2 N–H and O–H groups in total. The lowest BCUT2D eigenvalue weighted by Crippen LogP contribution is -2.49. The van der Waals surface area contributed by atoms with Gasteiger partial charge in [0.05, 0.1) is 36.1 Å². The van der Waals surface area contributed by atoms with Crippen molar-refractivity contribution in [2.75, 3.05) is 44.7 Å². The summed E-state index contributed by atoms with van der Waals surface area (Å²) in [6, 6.07) is 8.62. The van der Waals surface area contributed by atoms with Gasteiger partial charge in [0, 0.05) is 50.7 Å². The van der Waals surface area contributed by atoms with E-state index >= 15 is 0 Å². The van der Waals surface area contributed by atoms with Gasteiger partial charge in [-0.1, -0.05) is 6.08 Å². The summed E-state index contributed by atoms with van der Waals surface area (Å²) in [6.45, 7) is 6.78. The molecule has 2 aromatic rings. The van der Waals surface area contributed by atoms with E-state index in [0.29, 0.717) is 11.7 Å². The number of rotatable bonds is 3. The van der Waals surface area contributed by atoms with E-state index in [9.17, 15) is 5.26 Å². The van der Waals surface area contributed by atoms with Crippen molar-refractivity contribution in [1.29, 1.82) is 5.26 Å². The zero-order valence-electron chi connectivity index (χ0n) is 19.1. The van der Waals surface area contributed by atoms with E-state index in [4.69, 9.17) is 10.5 Å². The summed E-state index contributed by atoms with van der Waals surface area (Å²) in [6.07, 6.45) is 7.53. The summed E-state index contributed by atoms with van der Waals surface area (Å²) in [4.78, 5) is 7.37. The number of nitrogens with zero attached hydrogens (tertiary/aromatic N) is 6. The molecule has 0 aromatic carbocycles. The van der Waals surface area contributed by atoms with Crippen LogP contribution in [0.4, 0.5) is 5.69 Å². The maximum Gasteiger partial charge on any atom is 0.142 e. The van der Waals surface area contributed by atoms with Crippen LogP contribution in [0.15, 0.2) is 59.1 Å². The maximum absolute atomic E-state index is 9.43. The molecule has 0 amide bonds. The molecule has 2 fully saturated rings. The molecule has 0 spiro atoms. The minimum Gasteiger partial charge on any atom is -0.378 e. The Labute approximate surface area is 193 Å². The highest BCUT2D eigenvalue weighted by Crippen LogP contribution is 2.40. The number of allylic oxidation sites excluding steroid dienone is 2. The Balaban J connectivity index is 1.29. The van der Waals surface area contributed by atoms with Crippen LogP contribution in [0.1, 0.15) is 19.0 Å². The van der Waals surface area contributed by atoms with Crippen molar-refractivity contribution < 1.29 is 4.74 Å². The first-order chi connectivity index (χ1) is 16.1. The van der Waals surface area contributed by atoms with E-state index in [1.54, 1.807) is 17.8 Å². The highest BCUT2D eigenvalue weighted by molar-refractivity contribution is 5.74. The molecule has 33 heavy (non-hydrogen) atoms. The van der Waals surface area contributed by atoms with Gasteiger partial charge in [-0.05, 0) is 48.8 Å². The molecule has 8 heteroatoms. The second-order valence-corrected chi connectivity index (χ2v) is 9.47. The fraction of sp³-hybridized carbons (Fsp3) is 0.440. The van der Waals surface area contributed by atoms with E-state index in [1.807, 2.05) is 12.1 Å². The number of ether oxygens (including phenoxy) is 1. The summed E-state index contributed by atoms with van der Waals surface area (Å²) in [5, 5.41) is 13.8. The lowest BCUT2D eigenvalue weighted by molar-refractivity contribution is 0.101. The standard InChI is InChI=1S/C25H29N7O/c1-16-11-30(22-6-4-19(10-26)32-23(22)7-8-28-32)14-24-20-5-3-18(9-17(20)12-31(16)24)29-13-21(27)25(15-29)33-2/h3-4,6-9,16,21,25H,5,11-15,27H2,1-2H3/t16-,21+,25+/m1/s1. The number of pyridine rings is 1. The Kier molecular flexibility index (Phi) is 4.71. The average molecular weight is 444 g/mol. The fourth-order valence-electron chi connectivity index (χ4n) is 5.85. The van der Waals surface area contributed by atoms with Crippen molar-refractivity contribution in [3.8, 4) is 6.07 Å². The Morgan fingerprint density at radius 2 is 2.03 bits per heavy atom. The van der Waals surface area contributed by atoms with Crippen molar-refractivity contribution in [3.05, 3.63) is 64.8 Å². The van der Waals surface area contributed by atoms with Crippen LogP contribution in [0.3, 0.4) is 0 Å². The van der Waals surface area contributed by atoms with Crippen LogP contribution in [-0.4, -0.2) is 77.4 Å². The van der Waals surface area contributed by atoms with Crippen molar-refractivity contribution in [1.82, 2.24) is 19.4 Å². The maximum atomic E-state index is 9.43. The molecular formula is C25H29N7O. The molecule has 2 saturated heterocycles. The Morgan fingerprint density at radius 3 is 2.82 bits per heavy atom. The number of hydrogen-bond acceptors (Lipinski definition) is 7. The van der Waals surface area contributed by atoms with E-state index in [2.05, 4.69) is 51.0 Å². The summed E-state index contributed by atoms with van der Waals surface area (Å²) >= 11 is 0. The molecule has 3 aliphatic heterocycles. The van der Waals surface area contributed by atoms with Gasteiger partial charge in [-0.3, -0.25) is 0 Å². The summed E-state index contributed by atoms with van der Waals surface area (Å²) in [5.74, 6) is 0. The molecule has 5 heterocycles. The van der Waals surface area contributed by atoms with Gasteiger partial charge >= 0.3 is 0 Å². The number of nitrogens with two attached hydrogens (primary N) is 1. The topological polar surface area (TPSA) is 86.1 Å². The molecule has 1 aliphatic carbocycles. The van der Waals surface area contributed by atoms with Gasteiger partial charge in [0.2, 0.25) is 0 Å². The molecule has 2 aromatic heterocycles. The van der Waals surface area contributed by atoms with Crippen molar-refractivity contribution >= 4 is 11.2 Å². The number of likely N-dealkylation sites (tertiary alicyclic amines) is 1. The van der Waals surface area contributed by atoms with Gasteiger partial charge in [-0.25, -0.2) is 4.52 Å². The fourth-order valence-corrected chi connectivity index (χ4v) is 5.85. The molecule has 0 saturated carbocycles. The van der Waals surface area contributed by atoms with E-state index in [-0.39, 0.29) is 12.1 Å². The number of hydrogen-bond donors (Lipinski definition) is 1. The van der Waals surface area contributed by atoms with Crippen molar-refractivity contribution in [2.45, 2.75) is 31.5 Å². The average Bonchev–Trinajstić information content (AvgIpc) is 3.54. The second kappa shape index (κ2) is 7.65. The van der Waals surface area contributed by atoms with Gasteiger partial charge < -0.3 is 25.2 Å². The molecule has 3 atom stereocenters. The van der Waals surface area contributed by atoms with Gasteiger partial charge in [0.25, 0.3) is 0 Å². The molecule has 170 valence electrons. The lowest BCUT2D eigenvalue weighted by Gasteiger charge is -2.42. The van der Waals surface area contributed by atoms with Crippen LogP contribution in [0.25, 0.3) is 5.52 Å². The number of fused-ring (bicyclic) bond motifs is 3. The minimum atomic E-state index is 0.0605. The zero-order chi connectivity index (χ0) is 22.7. The lowest BCUT2D eigenvalue weighted by atomic mass is 9.96. The smallest absolute Gasteiger partial charge is 0.142 e. The van der Waals surface area contributed by atoms with Gasteiger partial charge in [0.15, 0.2) is 0 Å². The number of nitriles is 1.